The molecular weight excluding hydrogens is 202 g/mol. The van der Waals surface area contributed by atoms with Crippen molar-refractivity contribution in [3.05, 3.63) is 42.1 Å². The van der Waals surface area contributed by atoms with Gasteiger partial charge in [-0.15, -0.1) is 0 Å². The minimum Gasteiger partial charge on any atom is -0.481 e. The normalized spacial score (nSPS) is 17.9. The third-order valence-electron chi connectivity index (χ3n) is 3.02. The molecule has 16 heavy (non-hydrogen) atoms. The lowest BCUT2D eigenvalue weighted by Gasteiger charge is -2.04. The van der Waals surface area contributed by atoms with E-state index >= 15 is 0 Å². The molecule has 0 saturated heterocycles. The number of carbonyl (C=O) groups is 1. The van der Waals surface area contributed by atoms with Crippen LogP contribution < -0.4 is 0 Å². The summed E-state index contributed by atoms with van der Waals surface area (Å²) in [5.41, 5.74) is 2.21. The number of hydrogen-bond acceptors (Lipinski definition) is 1. The van der Waals surface area contributed by atoms with Crippen LogP contribution in [-0.4, -0.2) is 15.6 Å². The zero-order valence-corrected chi connectivity index (χ0v) is 8.63. The number of carboxylic acids is 1. The van der Waals surface area contributed by atoms with Crippen LogP contribution >= 0.6 is 0 Å². The number of nitrogens with zero attached hydrogens (tertiary/aromatic N) is 1. The molecule has 1 aliphatic heterocycles. The Labute approximate surface area is 92.6 Å². The van der Waals surface area contributed by atoms with Crippen molar-refractivity contribution in [2.24, 2.45) is 0 Å². The summed E-state index contributed by atoms with van der Waals surface area (Å²) in [6.07, 6.45) is 4.08. The van der Waals surface area contributed by atoms with E-state index in [9.17, 15) is 4.79 Å². The van der Waals surface area contributed by atoms with Gasteiger partial charge in [-0.25, -0.2) is 0 Å². The molecule has 3 heteroatoms. The van der Waals surface area contributed by atoms with Crippen molar-refractivity contribution in [1.29, 1.82) is 0 Å². The first-order chi connectivity index (χ1) is 7.75. The number of carboxylic acid groups (broad SMARTS) is 1. The Balaban J connectivity index is 2.12. The summed E-state index contributed by atoms with van der Waals surface area (Å²) in [5.74, 6) is -0.752. The standard InChI is InChI=1S/C13H11NO2/c15-13(16)8-10-5-6-14-11-4-2-1-3-9(11)7-12(10)14/h1-7,10H,8H2,(H,15,16). The molecule has 2 heterocycles. The van der Waals surface area contributed by atoms with Crippen LogP contribution in [0.3, 0.4) is 0 Å². The van der Waals surface area contributed by atoms with E-state index in [0.29, 0.717) is 0 Å². The second kappa shape index (κ2) is 3.23. The van der Waals surface area contributed by atoms with Gasteiger partial charge in [-0.3, -0.25) is 4.79 Å². The molecule has 0 saturated carbocycles. The number of fused-ring (bicyclic) bond motifs is 3. The lowest BCUT2D eigenvalue weighted by atomic mass is 10.0. The summed E-state index contributed by atoms with van der Waals surface area (Å²) in [6, 6.07) is 10.2. The van der Waals surface area contributed by atoms with Gasteiger partial charge in [-0.05, 0) is 12.1 Å². The molecule has 1 N–H and O–H groups in total. The molecule has 0 aliphatic carbocycles. The third-order valence-corrected chi connectivity index (χ3v) is 3.02. The fraction of sp³-hybridized carbons (Fsp3) is 0.154. The highest BCUT2D eigenvalue weighted by atomic mass is 16.4. The maximum Gasteiger partial charge on any atom is 0.304 e. The van der Waals surface area contributed by atoms with Gasteiger partial charge in [-0.2, -0.15) is 0 Å². The van der Waals surface area contributed by atoms with Crippen LogP contribution in [0.2, 0.25) is 0 Å². The average Bonchev–Trinajstić information content (AvgIpc) is 2.78. The number of aromatic nitrogens is 1. The van der Waals surface area contributed by atoms with E-state index in [2.05, 4.69) is 10.6 Å². The maximum atomic E-state index is 10.7. The third kappa shape index (κ3) is 1.25. The second-order valence-electron chi connectivity index (χ2n) is 4.04. The van der Waals surface area contributed by atoms with Crippen molar-refractivity contribution >= 4 is 23.1 Å². The Kier molecular flexibility index (Phi) is 1.86. The summed E-state index contributed by atoms with van der Waals surface area (Å²) >= 11 is 0. The highest BCUT2D eigenvalue weighted by Gasteiger charge is 2.21. The van der Waals surface area contributed by atoms with E-state index in [4.69, 9.17) is 5.11 Å². The first kappa shape index (κ1) is 9.21. The molecule has 1 unspecified atom stereocenters. The Bertz CT molecular complexity index is 595. The lowest BCUT2D eigenvalue weighted by Crippen LogP contribution is -2.02. The Morgan fingerprint density at radius 1 is 1.38 bits per heavy atom. The molecule has 80 valence electrons. The van der Waals surface area contributed by atoms with Crippen molar-refractivity contribution in [1.82, 2.24) is 4.57 Å². The predicted molar refractivity (Wildman–Crippen MR) is 62.3 cm³/mol. The fourth-order valence-corrected chi connectivity index (χ4v) is 2.30. The molecule has 3 nitrogen and oxygen atoms in total. The molecule has 1 aromatic heterocycles. The van der Waals surface area contributed by atoms with Crippen molar-refractivity contribution in [3.8, 4) is 0 Å². The summed E-state index contributed by atoms with van der Waals surface area (Å²) in [5, 5.41) is 10.00. The van der Waals surface area contributed by atoms with Crippen molar-refractivity contribution in [3.63, 3.8) is 0 Å². The number of aliphatic carboxylic acids is 1. The van der Waals surface area contributed by atoms with E-state index in [-0.39, 0.29) is 12.3 Å². The van der Waals surface area contributed by atoms with Crippen LogP contribution in [0.25, 0.3) is 17.1 Å². The minimum absolute atomic E-state index is 0.00454. The number of allylic oxidation sites excluding steroid dienone is 1. The van der Waals surface area contributed by atoms with E-state index in [1.807, 2.05) is 36.5 Å². The molecule has 0 fully saturated rings. The van der Waals surface area contributed by atoms with Gasteiger partial charge in [0.15, 0.2) is 0 Å². The largest absolute Gasteiger partial charge is 0.481 e. The molecular formula is C13H11NO2. The zero-order chi connectivity index (χ0) is 11.1. The summed E-state index contributed by atoms with van der Waals surface area (Å²) in [7, 11) is 0. The molecule has 3 rings (SSSR count). The molecule has 0 spiro atoms. The first-order valence-corrected chi connectivity index (χ1v) is 5.25. The van der Waals surface area contributed by atoms with Crippen LogP contribution in [0, 0.1) is 0 Å². The fourth-order valence-electron chi connectivity index (χ4n) is 2.30. The molecule has 1 atom stereocenters. The van der Waals surface area contributed by atoms with E-state index < -0.39 is 5.97 Å². The van der Waals surface area contributed by atoms with Crippen LogP contribution in [0.4, 0.5) is 0 Å². The Morgan fingerprint density at radius 2 is 2.19 bits per heavy atom. The molecule has 0 bridgehead atoms. The molecule has 1 aliphatic rings. The summed E-state index contributed by atoms with van der Waals surface area (Å²) in [4.78, 5) is 10.7. The summed E-state index contributed by atoms with van der Waals surface area (Å²) in [6.45, 7) is 0. The van der Waals surface area contributed by atoms with Crippen molar-refractivity contribution in [2.45, 2.75) is 12.3 Å². The van der Waals surface area contributed by atoms with Gasteiger partial charge in [0.05, 0.1) is 11.9 Å². The SMILES string of the molecule is O=C(O)CC1C=Cn2c1cc1ccccc12. The monoisotopic (exact) mass is 213 g/mol. The Morgan fingerprint density at radius 3 is 3.00 bits per heavy atom. The van der Waals surface area contributed by atoms with Gasteiger partial charge in [0.25, 0.3) is 0 Å². The maximum absolute atomic E-state index is 10.7. The van der Waals surface area contributed by atoms with Gasteiger partial charge in [-0.1, -0.05) is 24.3 Å². The number of hydrogen-bond donors (Lipinski definition) is 1. The smallest absolute Gasteiger partial charge is 0.304 e. The lowest BCUT2D eigenvalue weighted by molar-refractivity contribution is -0.137. The minimum atomic E-state index is -0.756. The highest BCUT2D eigenvalue weighted by molar-refractivity contribution is 5.85. The van der Waals surface area contributed by atoms with Crippen LogP contribution in [0.1, 0.15) is 18.0 Å². The molecule has 0 amide bonds. The Hall–Kier alpha value is -2.03. The molecule has 0 radical (unpaired) electrons. The van der Waals surface area contributed by atoms with Gasteiger partial charge in [0, 0.05) is 23.2 Å². The van der Waals surface area contributed by atoms with Crippen molar-refractivity contribution < 1.29 is 9.90 Å². The second-order valence-corrected chi connectivity index (χ2v) is 4.04. The van der Waals surface area contributed by atoms with E-state index in [1.54, 1.807) is 0 Å². The van der Waals surface area contributed by atoms with E-state index in [1.165, 1.54) is 0 Å². The number of benzene rings is 1. The molecule has 2 aromatic rings. The number of rotatable bonds is 2. The van der Waals surface area contributed by atoms with Gasteiger partial charge < -0.3 is 9.67 Å². The van der Waals surface area contributed by atoms with Crippen LogP contribution in [0.15, 0.2) is 36.4 Å². The molecule has 1 aromatic carbocycles. The van der Waals surface area contributed by atoms with Gasteiger partial charge >= 0.3 is 5.97 Å². The quantitative estimate of drug-likeness (QED) is 0.833. The summed E-state index contributed by atoms with van der Waals surface area (Å²) < 4.78 is 2.07. The predicted octanol–water partition coefficient (Wildman–Crippen LogP) is 2.68. The van der Waals surface area contributed by atoms with E-state index in [0.717, 1.165) is 16.6 Å². The highest BCUT2D eigenvalue weighted by Crippen LogP contribution is 2.33. The van der Waals surface area contributed by atoms with Gasteiger partial charge in [0.2, 0.25) is 0 Å². The van der Waals surface area contributed by atoms with Crippen LogP contribution in [-0.2, 0) is 4.79 Å². The van der Waals surface area contributed by atoms with Crippen molar-refractivity contribution in [2.75, 3.05) is 0 Å². The van der Waals surface area contributed by atoms with Gasteiger partial charge in [0.1, 0.15) is 0 Å². The topological polar surface area (TPSA) is 42.2 Å². The van der Waals surface area contributed by atoms with Crippen LogP contribution in [0.5, 0.6) is 0 Å². The average molecular weight is 213 g/mol. The first-order valence-electron chi connectivity index (χ1n) is 5.25. The zero-order valence-electron chi connectivity index (χ0n) is 8.63. The number of para-hydroxylation sites is 1.